The zero-order chi connectivity index (χ0) is 9.83. The molecule has 1 atom stereocenters. The van der Waals surface area contributed by atoms with Crippen molar-refractivity contribution in [2.75, 3.05) is 13.2 Å². The zero-order valence-corrected chi connectivity index (χ0v) is 9.77. The first-order valence-electron chi connectivity index (χ1n) is 4.14. The first kappa shape index (κ1) is 12.1. The van der Waals surface area contributed by atoms with Crippen LogP contribution in [0.1, 0.15) is 27.7 Å². The second kappa shape index (κ2) is 4.34. The number of aliphatic hydroxyl groups is 1. The summed E-state index contributed by atoms with van der Waals surface area (Å²) in [6.45, 7) is 7.14. The van der Waals surface area contributed by atoms with Gasteiger partial charge in [0.15, 0.2) is 15.4 Å². The maximum absolute atomic E-state index is 13.0. The molecule has 1 unspecified atom stereocenters. The van der Waals surface area contributed by atoms with Gasteiger partial charge in [-0.25, -0.2) is 4.39 Å². The van der Waals surface area contributed by atoms with Crippen LogP contribution in [0.3, 0.4) is 0 Å². The maximum Gasteiger partial charge on any atom is 0.167 e. The lowest BCUT2D eigenvalue weighted by Gasteiger charge is -2.22. The minimum absolute atomic E-state index is 0.0208. The van der Waals surface area contributed by atoms with Gasteiger partial charge in [0, 0.05) is 0 Å². The standard InChI is InChI=1S/C8H19FO2Si/c1-7(2,3)12-11-6-8(4,9)5-10/h10H,5-6,12H2,1-4H3. The molecule has 0 spiro atoms. The Morgan fingerprint density at radius 3 is 2.17 bits per heavy atom. The number of aliphatic hydroxyl groups excluding tert-OH is 1. The number of halogens is 1. The molecule has 0 saturated heterocycles. The average Bonchev–Trinajstić information content (AvgIpc) is 1.84. The van der Waals surface area contributed by atoms with E-state index in [1.54, 1.807) is 0 Å². The van der Waals surface area contributed by atoms with Crippen molar-refractivity contribution in [1.82, 2.24) is 0 Å². The highest BCUT2D eigenvalue weighted by molar-refractivity contribution is 6.31. The Bertz CT molecular complexity index is 132. The fraction of sp³-hybridized carbons (Fsp3) is 1.00. The van der Waals surface area contributed by atoms with Gasteiger partial charge >= 0.3 is 0 Å². The van der Waals surface area contributed by atoms with Crippen LogP contribution in [0.15, 0.2) is 0 Å². The molecular weight excluding hydrogens is 175 g/mol. The largest absolute Gasteiger partial charge is 0.420 e. The second-order valence-corrected chi connectivity index (χ2v) is 7.44. The third kappa shape index (κ3) is 6.76. The Hall–Kier alpha value is 0.0669. The van der Waals surface area contributed by atoms with Gasteiger partial charge in [-0.05, 0) is 12.0 Å². The van der Waals surface area contributed by atoms with Crippen LogP contribution < -0.4 is 0 Å². The minimum atomic E-state index is -1.57. The van der Waals surface area contributed by atoms with Crippen LogP contribution in [0.2, 0.25) is 5.04 Å². The molecule has 0 aromatic heterocycles. The van der Waals surface area contributed by atoms with Gasteiger partial charge < -0.3 is 9.53 Å². The zero-order valence-electron chi connectivity index (χ0n) is 8.35. The summed E-state index contributed by atoms with van der Waals surface area (Å²) in [7, 11) is -0.691. The molecule has 2 nitrogen and oxygen atoms in total. The van der Waals surface area contributed by atoms with Crippen molar-refractivity contribution >= 4 is 9.76 Å². The summed E-state index contributed by atoms with van der Waals surface area (Å²) in [5.41, 5.74) is -1.57. The van der Waals surface area contributed by atoms with E-state index < -0.39 is 22.0 Å². The van der Waals surface area contributed by atoms with Gasteiger partial charge in [-0.15, -0.1) is 0 Å². The smallest absolute Gasteiger partial charge is 0.167 e. The third-order valence-electron chi connectivity index (χ3n) is 1.27. The topological polar surface area (TPSA) is 29.5 Å². The highest BCUT2D eigenvalue weighted by Gasteiger charge is 2.23. The summed E-state index contributed by atoms with van der Waals surface area (Å²) < 4.78 is 18.3. The second-order valence-electron chi connectivity index (χ2n) is 4.62. The lowest BCUT2D eigenvalue weighted by atomic mass is 10.2. The number of rotatable bonds is 4. The lowest BCUT2D eigenvalue weighted by Crippen LogP contribution is -2.31. The summed E-state index contributed by atoms with van der Waals surface area (Å²) in [6, 6.07) is 0. The third-order valence-corrected chi connectivity index (χ3v) is 2.54. The van der Waals surface area contributed by atoms with E-state index in [0.29, 0.717) is 0 Å². The van der Waals surface area contributed by atoms with Crippen LogP contribution in [0.4, 0.5) is 4.39 Å². The van der Waals surface area contributed by atoms with E-state index in [-0.39, 0.29) is 11.6 Å². The van der Waals surface area contributed by atoms with Crippen molar-refractivity contribution in [2.45, 2.75) is 38.4 Å². The molecule has 0 aliphatic rings. The molecule has 0 saturated carbocycles. The SMILES string of the molecule is CC(F)(CO)CO[SiH2]C(C)(C)C. The van der Waals surface area contributed by atoms with E-state index in [0.717, 1.165) is 0 Å². The van der Waals surface area contributed by atoms with Crippen LogP contribution in [-0.2, 0) is 4.43 Å². The molecule has 0 aliphatic heterocycles. The fourth-order valence-electron chi connectivity index (χ4n) is 0.616. The summed E-state index contributed by atoms with van der Waals surface area (Å²) in [5, 5.41) is 8.77. The van der Waals surface area contributed by atoms with E-state index in [9.17, 15) is 4.39 Å². The Labute approximate surface area is 76.1 Å². The van der Waals surface area contributed by atoms with Crippen molar-refractivity contribution < 1.29 is 13.9 Å². The van der Waals surface area contributed by atoms with E-state index in [1.807, 2.05) is 0 Å². The first-order valence-corrected chi connectivity index (χ1v) is 5.43. The van der Waals surface area contributed by atoms with Gasteiger partial charge in [-0.3, -0.25) is 0 Å². The molecule has 0 aliphatic carbocycles. The monoisotopic (exact) mass is 194 g/mol. The Morgan fingerprint density at radius 2 is 1.83 bits per heavy atom. The molecule has 0 aromatic rings. The van der Waals surface area contributed by atoms with Crippen molar-refractivity contribution in [3.63, 3.8) is 0 Å². The average molecular weight is 194 g/mol. The van der Waals surface area contributed by atoms with Gasteiger partial charge in [0.1, 0.15) is 0 Å². The Balaban J connectivity index is 3.57. The number of alkyl halides is 1. The summed E-state index contributed by atoms with van der Waals surface area (Å²) in [5.74, 6) is 0. The van der Waals surface area contributed by atoms with Crippen molar-refractivity contribution in [3.05, 3.63) is 0 Å². The van der Waals surface area contributed by atoms with E-state index in [1.165, 1.54) is 6.92 Å². The molecule has 0 heterocycles. The first-order chi connectivity index (χ1) is 5.27. The summed E-state index contributed by atoms with van der Waals surface area (Å²) >= 11 is 0. The molecule has 1 N–H and O–H groups in total. The number of hydrogen-bond acceptors (Lipinski definition) is 2. The molecule has 0 bridgehead atoms. The van der Waals surface area contributed by atoms with Gasteiger partial charge in [0.25, 0.3) is 0 Å². The van der Waals surface area contributed by atoms with Crippen LogP contribution in [-0.4, -0.2) is 33.8 Å². The van der Waals surface area contributed by atoms with Crippen molar-refractivity contribution in [1.29, 1.82) is 0 Å². The van der Waals surface area contributed by atoms with E-state index in [4.69, 9.17) is 9.53 Å². The molecule has 12 heavy (non-hydrogen) atoms. The highest BCUT2D eigenvalue weighted by Crippen LogP contribution is 2.21. The molecule has 0 fully saturated rings. The van der Waals surface area contributed by atoms with Crippen LogP contribution in [0.5, 0.6) is 0 Å². The molecule has 0 aromatic carbocycles. The van der Waals surface area contributed by atoms with Gasteiger partial charge in [-0.2, -0.15) is 0 Å². The van der Waals surface area contributed by atoms with Crippen LogP contribution in [0, 0.1) is 0 Å². The highest BCUT2D eigenvalue weighted by atomic mass is 28.2. The lowest BCUT2D eigenvalue weighted by molar-refractivity contribution is 0.0407. The number of hydrogen-bond donors (Lipinski definition) is 1. The summed E-state index contributed by atoms with van der Waals surface area (Å²) in [4.78, 5) is 0. The molecule has 4 heteroatoms. The van der Waals surface area contributed by atoms with E-state index in [2.05, 4.69) is 20.8 Å². The van der Waals surface area contributed by atoms with Crippen LogP contribution >= 0.6 is 0 Å². The van der Waals surface area contributed by atoms with Crippen molar-refractivity contribution in [2.24, 2.45) is 0 Å². The normalized spacial score (nSPS) is 18.5. The van der Waals surface area contributed by atoms with E-state index >= 15 is 0 Å². The molecule has 0 radical (unpaired) electrons. The Morgan fingerprint density at radius 1 is 1.33 bits per heavy atom. The predicted molar refractivity (Wildman–Crippen MR) is 50.8 cm³/mol. The minimum Gasteiger partial charge on any atom is -0.420 e. The van der Waals surface area contributed by atoms with Crippen LogP contribution in [0.25, 0.3) is 0 Å². The van der Waals surface area contributed by atoms with Crippen molar-refractivity contribution in [3.8, 4) is 0 Å². The predicted octanol–water partition coefficient (Wildman–Crippen LogP) is 1.03. The quantitative estimate of drug-likeness (QED) is 0.677. The maximum atomic E-state index is 13.0. The van der Waals surface area contributed by atoms with Gasteiger partial charge in [0.05, 0.1) is 13.2 Å². The van der Waals surface area contributed by atoms with Gasteiger partial charge in [-0.1, -0.05) is 20.8 Å². The van der Waals surface area contributed by atoms with Gasteiger partial charge in [0.2, 0.25) is 0 Å². The molecule has 74 valence electrons. The Kier molecular flexibility index (Phi) is 4.37. The summed E-state index contributed by atoms with van der Waals surface area (Å²) in [6.07, 6.45) is 0. The molecule has 0 amide bonds. The fourth-order valence-corrected chi connectivity index (χ4v) is 1.76. The molecular formula is C8H19FO2Si. The molecule has 0 rings (SSSR count).